The normalized spacial score (nSPS) is 19.2. The standard InChI is InChI=1S/C13H17N3O3/c1-9-4-2-3-7-15(9)13(17)11-8-10(14)5-6-12(11)16(18)19/h5-6,8-9H,2-4,7,14H2,1H3. The first-order valence-corrected chi connectivity index (χ1v) is 6.35. The number of likely N-dealkylation sites (tertiary alicyclic amines) is 1. The van der Waals surface area contributed by atoms with E-state index in [0.717, 1.165) is 19.3 Å². The summed E-state index contributed by atoms with van der Waals surface area (Å²) in [6.07, 6.45) is 2.96. The van der Waals surface area contributed by atoms with Crippen LogP contribution in [0, 0.1) is 10.1 Å². The maximum absolute atomic E-state index is 12.5. The minimum Gasteiger partial charge on any atom is -0.399 e. The Balaban J connectivity index is 2.37. The molecule has 0 spiro atoms. The number of hydrogen-bond donors (Lipinski definition) is 1. The molecule has 0 radical (unpaired) electrons. The predicted octanol–water partition coefficient (Wildman–Crippen LogP) is 2.19. The van der Waals surface area contributed by atoms with Gasteiger partial charge in [0.1, 0.15) is 5.56 Å². The van der Waals surface area contributed by atoms with Crippen molar-refractivity contribution in [3.8, 4) is 0 Å². The molecule has 1 aliphatic heterocycles. The fourth-order valence-electron chi connectivity index (χ4n) is 2.44. The number of anilines is 1. The van der Waals surface area contributed by atoms with Gasteiger partial charge >= 0.3 is 0 Å². The highest BCUT2D eigenvalue weighted by Gasteiger charge is 2.29. The molecule has 1 heterocycles. The lowest BCUT2D eigenvalue weighted by atomic mass is 10.0. The second-order valence-electron chi connectivity index (χ2n) is 4.88. The predicted molar refractivity (Wildman–Crippen MR) is 71.9 cm³/mol. The largest absolute Gasteiger partial charge is 0.399 e. The van der Waals surface area contributed by atoms with E-state index in [4.69, 9.17) is 5.73 Å². The molecule has 0 aliphatic carbocycles. The minimum absolute atomic E-state index is 0.0822. The topological polar surface area (TPSA) is 89.5 Å². The van der Waals surface area contributed by atoms with E-state index in [1.807, 2.05) is 6.92 Å². The Labute approximate surface area is 111 Å². The number of nitro groups is 1. The summed E-state index contributed by atoms with van der Waals surface area (Å²) in [5.74, 6) is -0.300. The molecule has 1 amide bonds. The van der Waals surface area contributed by atoms with Crippen molar-refractivity contribution in [3.05, 3.63) is 33.9 Å². The van der Waals surface area contributed by atoms with E-state index in [-0.39, 0.29) is 23.2 Å². The molecule has 1 aliphatic rings. The molecule has 1 aromatic rings. The fraction of sp³-hybridized carbons (Fsp3) is 0.462. The molecule has 2 N–H and O–H groups in total. The third-order valence-corrected chi connectivity index (χ3v) is 3.51. The summed E-state index contributed by atoms with van der Waals surface area (Å²) < 4.78 is 0. The zero-order valence-electron chi connectivity index (χ0n) is 10.8. The highest BCUT2D eigenvalue weighted by molar-refractivity contribution is 5.99. The zero-order valence-corrected chi connectivity index (χ0v) is 10.8. The number of nitrogen functional groups attached to an aromatic ring is 1. The maximum Gasteiger partial charge on any atom is 0.282 e. The van der Waals surface area contributed by atoms with E-state index < -0.39 is 4.92 Å². The Morgan fingerprint density at radius 2 is 2.21 bits per heavy atom. The van der Waals surface area contributed by atoms with Gasteiger partial charge in [-0.25, -0.2) is 0 Å². The monoisotopic (exact) mass is 263 g/mol. The van der Waals surface area contributed by atoms with Crippen molar-refractivity contribution in [2.75, 3.05) is 12.3 Å². The van der Waals surface area contributed by atoms with Crippen LogP contribution in [-0.2, 0) is 0 Å². The van der Waals surface area contributed by atoms with E-state index in [2.05, 4.69) is 0 Å². The van der Waals surface area contributed by atoms with Crippen LogP contribution in [-0.4, -0.2) is 28.3 Å². The van der Waals surface area contributed by atoms with Crippen LogP contribution in [0.2, 0.25) is 0 Å². The van der Waals surface area contributed by atoms with Gasteiger partial charge in [0.05, 0.1) is 4.92 Å². The first-order valence-electron chi connectivity index (χ1n) is 6.35. The van der Waals surface area contributed by atoms with Gasteiger partial charge in [-0.1, -0.05) is 0 Å². The van der Waals surface area contributed by atoms with Gasteiger partial charge in [0.2, 0.25) is 0 Å². The Hall–Kier alpha value is -2.11. The molecule has 2 rings (SSSR count). The van der Waals surface area contributed by atoms with Crippen LogP contribution in [0.1, 0.15) is 36.5 Å². The molecular weight excluding hydrogens is 246 g/mol. The molecule has 1 unspecified atom stereocenters. The molecule has 6 heteroatoms. The number of benzene rings is 1. The Morgan fingerprint density at radius 1 is 1.47 bits per heavy atom. The smallest absolute Gasteiger partial charge is 0.282 e. The van der Waals surface area contributed by atoms with Gasteiger partial charge in [-0.15, -0.1) is 0 Å². The number of carbonyl (C=O) groups is 1. The molecule has 102 valence electrons. The molecule has 6 nitrogen and oxygen atoms in total. The van der Waals surface area contributed by atoms with Gasteiger partial charge in [-0.2, -0.15) is 0 Å². The number of nitrogens with zero attached hydrogens (tertiary/aromatic N) is 2. The number of nitro benzene ring substituents is 1. The number of rotatable bonds is 2. The molecular formula is C13H17N3O3. The highest BCUT2D eigenvalue weighted by Crippen LogP contribution is 2.26. The number of carbonyl (C=O) groups excluding carboxylic acids is 1. The Bertz CT molecular complexity index is 516. The van der Waals surface area contributed by atoms with Crippen LogP contribution in [0.15, 0.2) is 18.2 Å². The number of nitrogens with two attached hydrogens (primary N) is 1. The zero-order chi connectivity index (χ0) is 14.0. The van der Waals surface area contributed by atoms with Gasteiger partial charge in [-0.3, -0.25) is 14.9 Å². The average molecular weight is 263 g/mol. The fourth-order valence-corrected chi connectivity index (χ4v) is 2.44. The maximum atomic E-state index is 12.5. The van der Waals surface area contributed by atoms with E-state index in [9.17, 15) is 14.9 Å². The molecule has 0 bridgehead atoms. The van der Waals surface area contributed by atoms with Crippen molar-refractivity contribution in [3.63, 3.8) is 0 Å². The SMILES string of the molecule is CC1CCCCN1C(=O)c1cc(N)ccc1[N+](=O)[O-]. The lowest BCUT2D eigenvalue weighted by molar-refractivity contribution is -0.385. The van der Waals surface area contributed by atoms with Crippen LogP contribution < -0.4 is 5.73 Å². The quantitative estimate of drug-likeness (QED) is 0.503. The summed E-state index contributed by atoms with van der Waals surface area (Å²) in [7, 11) is 0. The molecule has 19 heavy (non-hydrogen) atoms. The third kappa shape index (κ3) is 2.67. The van der Waals surface area contributed by atoms with Crippen LogP contribution in [0.4, 0.5) is 11.4 Å². The van der Waals surface area contributed by atoms with Gasteiger partial charge in [0.15, 0.2) is 0 Å². The van der Waals surface area contributed by atoms with E-state index >= 15 is 0 Å². The summed E-state index contributed by atoms with van der Waals surface area (Å²) in [6, 6.07) is 4.23. The minimum atomic E-state index is -0.540. The Kier molecular flexibility index (Phi) is 3.69. The van der Waals surface area contributed by atoms with Gasteiger partial charge in [0.25, 0.3) is 11.6 Å². The van der Waals surface area contributed by atoms with Crippen molar-refractivity contribution in [1.82, 2.24) is 4.90 Å². The van der Waals surface area contributed by atoms with Crippen molar-refractivity contribution in [2.45, 2.75) is 32.2 Å². The highest BCUT2D eigenvalue weighted by atomic mass is 16.6. The average Bonchev–Trinajstić information content (AvgIpc) is 2.38. The van der Waals surface area contributed by atoms with Crippen molar-refractivity contribution < 1.29 is 9.72 Å². The molecule has 0 saturated carbocycles. The molecule has 1 atom stereocenters. The summed E-state index contributed by atoms with van der Waals surface area (Å²) >= 11 is 0. The molecule has 0 aromatic heterocycles. The summed E-state index contributed by atoms with van der Waals surface area (Å²) in [4.78, 5) is 24.6. The van der Waals surface area contributed by atoms with Crippen molar-refractivity contribution in [2.24, 2.45) is 0 Å². The Morgan fingerprint density at radius 3 is 2.84 bits per heavy atom. The van der Waals surface area contributed by atoms with Gasteiger partial charge in [-0.05, 0) is 38.3 Å². The van der Waals surface area contributed by atoms with Gasteiger partial charge < -0.3 is 10.6 Å². The van der Waals surface area contributed by atoms with Crippen molar-refractivity contribution in [1.29, 1.82) is 0 Å². The van der Waals surface area contributed by atoms with E-state index in [1.165, 1.54) is 18.2 Å². The second-order valence-corrected chi connectivity index (χ2v) is 4.88. The van der Waals surface area contributed by atoms with Crippen LogP contribution in [0.3, 0.4) is 0 Å². The molecule has 1 saturated heterocycles. The summed E-state index contributed by atoms with van der Waals surface area (Å²) in [6.45, 7) is 2.61. The van der Waals surface area contributed by atoms with Crippen LogP contribution in [0.5, 0.6) is 0 Å². The summed E-state index contributed by atoms with van der Waals surface area (Å²) in [5, 5.41) is 11.0. The lowest BCUT2D eigenvalue weighted by Gasteiger charge is -2.33. The van der Waals surface area contributed by atoms with E-state index in [0.29, 0.717) is 12.2 Å². The van der Waals surface area contributed by atoms with Crippen LogP contribution >= 0.6 is 0 Å². The first kappa shape index (κ1) is 13.3. The molecule has 1 fully saturated rings. The lowest BCUT2D eigenvalue weighted by Crippen LogP contribution is -2.42. The number of amides is 1. The van der Waals surface area contributed by atoms with Crippen LogP contribution in [0.25, 0.3) is 0 Å². The molecule has 1 aromatic carbocycles. The number of piperidine rings is 1. The first-order chi connectivity index (χ1) is 9.00. The second kappa shape index (κ2) is 5.26. The van der Waals surface area contributed by atoms with Gasteiger partial charge in [0, 0.05) is 24.3 Å². The number of hydrogen-bond acceptors (Lipinski definition) is 4. The van der Waals surface area contributed by atoms with Crippen molar-refractivity contribution >= 4 is 17.3 Å². The summed E-state index contributed by atoms with van der Waals surface area (Å²) in [5.41, 5.74) is 5.89. The third-order valence-electron chi connectivity index (χ3n) is 3.51. The van der Waals surface area contributed by atoms with E-state index in [1.54, 1.807) is 4.90 Å².